The maximum absolute atomic E-state index is 12.1. The predicted molar refractivity (Wildman–Crippen MR) is 77.5 cm³/mol. The quantitative estimate of drug-likeness (QED) is 0.928. The maximum atomic E-state index is 12.1. The lowest BCUT2D eigenvalue weighted by molar-refractivity contribution is 0.102. The zero-order chi connectivity index (χ0) is 13.8. The molecular formula is C12H12BrN3O2S. The van der Waals surface area contributed by atoms with Crippen LogP contribution in [-0.2, 0) is 11.3 Å². The first kappa shape index (κ1) is 14.1. The van der Waals surface area contributed by atoms with E-state index in [0.717, 1.165) is 11.4 Å². The number of halogens is 1. The fourth-order valence-electron chi connectivity index (χ4n) is 1.43. The average Bonchev–Trinajstić information content (AvgIpc) is 2.80. The number of anilines is 1. The van der Waals surface area contributed by atoms with Crippen molar-refractivity contribution in [1.29, 1.82) is 0 Å². The fraction of sp³-hybridized carbons (Fsp3) is 0.250. The van der Waals surface area contributed by atoms with Crippen LogP contribution in [0.1, 0.15) is 21.9 Å². The molecule has 2 rings (SSSR count). The maximum Gasteiger partial charge on any atom is 0.277 e. The summed E-state index contributed by atoms with van der Waals surface area (Å²) in [6, 6.07) is 3.64. The van der Waals surface area contributed by atoms with E-state index in [1.54, 1.807) is 13.2 Å². The molecule has 1 N–H and O–H groups in total. The first-order chi connectivity index (χ1) is 9.10. The molecule has 0 atom stereocenters. The minimum absolute atomic E-state index is 0.283. The van der Waals surface area contributed by atoms with Crippen molar-refractivity contribution in [2.24, 2.45) is 0 Å². The number of methoxy groups -OCH3 is 1. The lowest BCUT2D eigenvalue weighted by atomic mass is 10.3. The van der Waals surface area contributed by atoms with Gasteiger partial charge in [-0.05, 0) is 35.0 Å². The van der Waals surface area contributed by atoms with E-state index in [-0.39, 0.29) is 5.91 Å². The van der Waals surface area contributed by atoms with Crippen molar-refractivity contribution in [3.05, 3.63) is 39.1 Å². The molecule has 0 bridgehead atoms. The van der Waals surface area contributed by atoms with Crippen LogP contribution in [0, 0.1) is 6.92 Å². The topological polar surface area (TPSA) is 64.1 Å². The summed E-state index contributed by atoms with van der Waals surface area (Å²) in [5, 5.41) is 5.11. The second-order valence-corrected chi connectivity index (χ2v) is 5.53. The molecule has 2 aromatic heterocycles. The molecule has 0 unspecified atom stereocenters. The summed E-state index contributed by atoms with van der Waals surface area (Å²) in [7, 11) is 1.60. The minimum Gasteiger partial charge on any atom is -0.378 e. The second kappa shape index (κ2) is 6.23. The van der Waals surface area contributed by atoms with Crippen LogP contribution in [0.25, 0.3) is 0 Å². The molecule has 1 amide bonds. The summed E-state index contributed by atoms with van der Waals surface area (Å²) in [6.45, 7) is 2.27. The van der Waals surface area contributed by atoms with Crippen LogP contribution >= 0.6 is 27.3 Å². The molecule has 0 aliphatic heterocycles. The second-order valence-electron chi connectivity index (χ2n) is 3.81. The number of hydrogen-bond acceptors (Lipinski definition) is 5. The Hall–Kier alpha value is -1.31. The van der Waals surface area contributed by atoms with Crippen LogP contribution in [-0.4, -0.2) is 23.0 Å². The molecule has 5 nitrogen and oxygen atoms in total. The highest BCUT2D eigenvalue weighted by Gasteiger charge is 2.14. The third-order valence-corrected chi connectivity index (χ3v) is 3.71. The SMILES string of the molecule is COCc1csc(NC(=O)c2nc(C)ccc2Br)n1. The molecule has 100 valence electrons. The Bertz CT molecular complexity index is 600. The van der Waals surface area contributed by atoms with Gasteiger partial charge in [0, 0.05) is 22.7 Å². The molecule has 7 heteroatoms. The number of nitrogens with one attached hydrogen (secondary N) is 1. The number of carbonyl (C=O) groups excluding carboxylic acids is 1. The summed E-state index contributed by atoms with van der Waals surface area (Å²) in [5.41, 5.74) is 1.93. The van der Waals surface area contributed by atoms with Gasteiger partial charge in [-0.3, -0.25) is 10.1 Å². The minimum atomic E-state index is -0.283. The monoisotopic (exact) mass is 341 g/mol. The summed E-state index contributed by atoms with van der Waals surface area (Å²) < 4.78 is 5.63. The number of carbonyl (C=O) groups is 1. The van der Waals surface area contributed by atoms with Gasteiger partial charge in [0.2, 0.25) is 0 Å². The molecule has 0 saturated carbocycles. The zero-order valence-electron chi connectivity index (χ0n) is 10.4. The lowest BCUT2D eigenvalue weighted by Crippen LogP contribution is -2.14. The van der Waals surface area contributed by atoms with Gasteiger partial charge in [0.05, 0.1) is 12.3 Å². The van der Waals surface area contributed by atoms with Crippen molar-refractivity contribution in [2.45, 2.75) is 13.5 Å². The largest absolute Gasteiger partial charge is 0.378 e. The van der Waals surface area contributed by atoms with Crippen molar-refractivity contribution in [3.8, 4) is 0 Å². The van der Waals surface area contributed by atoms with Crippen molar-refractivity contribution >= 4 is 38.3 Å². The van der Waals surface area contributed by atoms with E-state index >= 15 is 0 Å². The number of ether oxygens (including phenoxy) is 1. The molecule has 0 radical (unpaired) electrons. The van der Waals surface area contributed by atoms with E-state index in [1.165, 1.54) is 11.3 Å². The number of thiazole rings is 1. The van der Waals surface area contributed by atoms with Crippen LogP contribution in [0.4, 0.5) is 5.13 Å². The molecule has 19 heavy (non-hydrogen) atoms. The van der Waals surface area contributed by atoms with Crippen molar-refractivity contribution in [1.82, 2.24) is 9.97 Å². The van der Waals surface area contributed by atoms with E-state index in [2.05, 4.69) is 31.2 Å². The molecule has 0 fully saturated rings. The number of amides is 1. The highest BCUT2D eigenvalue weighted by molar-refractivity contribution is 9.10. The molecule has 0 aliphatic carbocycles. The number of nitrogens with zero attached hydrogens (tertiary/aromatic N) is 2. The van der Waals surface area contributed by atoms with E-state index in [1.807, 2.05) is 18.4 Å². The third kappa shape index (κ3) is 3.59. The standard InChI is InChI=1S/C12H12BrN3O2S/c1-7-3-4-9(13)10(14-7)11(17)16-12-15-8(5-18-2)6-19-12/h3-4,6H,5H2,1-2H3,(H,15,16,17). The van der Waals surface area contributed by atoms with Crippen molar-refractivity contribution < 1.29 is 9.53 Å². The van der Waals surface area contributed by atoms with E-state index in [0.29, 0.717) is 21.9 Å². The predicted octanol–water partition coefficient (Wildman–Crippen LogP) is 3.01. The van der Waals surface area contributed by atoms with Gasteiger partial charge in [0.25, 0.3) is 5.91 Å². The number of aromatic nitrogens is 2. The highest BCUT2D eigenvalue weighted by Crippen LogP contribution is 2.19. The Morgan fingerprint density at radius 3 is 3.00 bits per heavy atom. The number of pyridine rings is 1. The molecule has 2 aromatic rings. The highest BCUT2D eigenvalue weighted by atomic mass is 79.9. The Morgan fingerprint density at radius 2 is 2.26 bits per heavy atom. The van der Waals surface area contributed by atoms with Crippen LogP contribution in [0.2, 0.25) is 0 Å². The molecule has 0 aliphatic rings. The molecule has 2 heterocycles. The average molecular weight is 342 g/mol. The summed E-state index contributed by atoms with van der Waals surface area (Å²) in [4.78, 5) is 20.5. The smallest absolute Gasteiger partial charge is 0.277 e. The Morgan fingerprint density at radius 1 is 1.47 bits per heavy atom. The number of aryl methyl sites for hydroxylation is 1. The van der Waals surface area contributed by atoms with Crippen LogP contribution in [0.15, 0.2) is 22.0 Å². The number of rotatable bonds is 4. The molecule has 0 saturated heterocycles. The van der Waals surface area contributed by atoms with Gasteiger partial charge >= 0.3 is 0 Å². The van der Waals surface area contributed by atoms with Crippen molar-refractivity contribution in [3.63, 3.8) is 0 Å². The van der Waals surface area contributed by atoms with Gasteiger partial charge in [-0.25, -0.2) is 9.97 Å². The zero-order valence-corrected chi connectivity index (χ0v) is 12.8. The molecule has 0 aromatic carbocycles. The van der Waals surface area contributed by atoms with Crippen LogP contribution in [0.3, 0.4) is 0 Å². The Labute approximate surface area is 123 Å². The molecular weight excluding hydrogens is 330 g/mol. The van der Waals surface area contributed by atoms with Gasteiger partial charge < -0.3 is 4.74 Å². The number of hydrogen-bond donors (Lipinski definition) is 1. The van der Waals surface area contributed by atoms with E-state index in [4.69, 9.17) is 4.74 Å². The van der Waals surface area contributed by atoms with Crippen molar-refractivity contribution in [2.75, 3.05) is 12.4 Å². The fourth-order valence-corrected chi connectivity index (χ4v) is 2.52. The molecule has 0 spiro atoms. The van der Waals surface area contributed by atoms with E-state index in [9.17, 15) is 4.79 Å². The van der Waals surface area contributed by atoms with Gasteiger partial charge in [0.1, 0.15) is 5.69 Å². The van der Waals surface area contributed by atoms with E-state index < -0.39 is 0 Å². The van der Waals surface area contributed by atoms with Crippen LogP contribution < -0.4 is 5.32 Å². The van der Waals surface area contributed by atoms with Gasteiger partial charge in [-0.15, -0.1) is 11.3 Å². The normalized spacial score (nSPS) is 10.5. The van der Waals surface area contributed by atoms with Crippen LogP contribution in [0.5, 0.6) is 0 Å². The summed E-state index contributed by atoms with van der Waals surface area (Å²) in [5.74, 6) is -0.283. The first-order valence-corrected chi connectivity index (χ1v) is 7.15. The van der Waals surface area contributed by atoms with Gasteiger partial charge in [0.15, 0.2) is 5.13 Å². The van der Waals surface area contributed by atoms with Gasteiger partial charge in [-0.2, -0.15) is 0 Å². The summed E-state index contributed by atoms with van der Waals surface area (Å²) in [6.07, 6.45) is 0. The first-order valence-electron chi connectivity index (χ1n) is 5.48. The van der Waals surface area contributed by atoms with Gasteiger partial charge in [-0.1, -0.05) is 0 Å². The third-order valence-electron chi connectivity index (χ3n) is 2.26. The Balaban J connectivity index is 2.13. The Kier molecular flexibility index (Phi) is 4.62. The lowest BCUT2D eigenvalue weighted by Gasteiger charge is -2.04. The summed E-state index contributed by atoms with van der Waals surface area (Å²) >= 11 is 4.67.